The van der Waals surface area contributed by atoms with Gasteiger partial charge in [0, 0.05) is 23.9 Å². The fourth-order valence-electron chi connectivity index (χ4n) is 2.22. The highest BCUT2D eigenvalue weighted by molar-refractivity contribution is 7.14. The SMILES string of the molecule is COc1ccc(C(=O)Nc2nc(C(=O)NCCCCCC(=O)O)cs2)cc1. The minimum atomic E-state index is -0.814. The lowest BCUT2D eigenvalue weighted by Crippen LogP contribution is -2.24. The highest BCUT2D eigenvalue weighted by Crippen LogP contribution is 2.18. The van der Waals surface area contributed by atoms with E-state index in [1.165, 1.54) is 11.3 Å². The van der Waals surface area contributed by atoms with Gasteiger partial charge in [-0.2, -0.15) is 0 Å². The second kappa shape index (κ2) is 10.3. The number of nitrogens with zero attached hydrogens (tertiary/aromatic N) is 1. The van der Waals surface area contributed by atoms with E-state index in [-0.39, 0.29) is 23.9 Å². The summed E-state index contributed by atoms with van der Waals surface area (Å²) < 4.78 is 5.05. The molecule has 1 aromatic carbocycles. The average molecular weight is 391 g/mol. The first-order valence-electron chi connectivity index (χ1n) is 8.40. The lowest BCUT2D eigenvalue weighted by molar-refractivity contribution is -0.137. The number of amides is 2. The number of hydrogen-bond donors (Lipinski definition) is 3. The zero-order valence-corrected chi connectivity index (χ0v) is 15.7. The van der Waals surface area contributed by atoms with E-state index < -0.39 is 5.97 Å². The van der Waals surface area contributed by atoms with E-state index in [1.807, 2.05) is 0 Å². The van der Waals surface area contributed by atoms with Crippen molar-refractivity contribution in [3.8, 4) is 5.75 Å². The molecular formula is C18H21N3O5S. The predicted octanol–water partition coefficient (Wildman–Crippen LogP) is 2.78. The largest absolute Gasteiger partial charge is 0.497 e. The Bertz CT molecular complexity index is 789. The highest BCUT2D eigenvalue weighted by Gasteiger charge is 2.13. The van der Waals surface area contributed by atoms with Gasteiger partial charge in [0.15, 0.2) is 5.13 Å². The molecule has 1 aromatic heterocycles. The van der Waals surface area contributed by atoms with Gasteiger partial charge in [-0.25, -0.2) is 4.98 Å². The fourth-order valence-corrected chi connectivity index (χ4v) is 2.90. The molecule has 2 rings (SSSR count). The molecule has 9 heteroatoms. The van der Waals surface area contributed by atoms with Crippen LogP contribution in [0.5, 0.6) is 5.75 Å². The van der Waals surface area contributed by atoms with Crippen molar-refractivity contribution in [2.75, 3.05) is 19.0 Å². The Morgan fingerprint density at radius 3 is 2.52 bits per heavy atom. The molecule has 0 saturated carbocycles. The normalized spacial score (nSPS) is 10.3. The number of methoxy groups -OCH3 is 1. The summed E-state index contributed by atoms with van der Waals surface area (Å²) in [5.74, 6) is -0.805. The van der Waals surface area contributed by atoms with Crippen LogP contribution in [0, 0.1) is 0 Å². The Morgan fingerprint density at radius 1 is 1.11 bits per heavy atom. The van der Waals surface area contributed by atoms with Crippen molar-refractivity contribution in [3.05, 3.63) is 40.9 Å². The summed E-state index contributed by atoms with van der Waals surface area (Å²) >= 11 is 1.17. The molecule has 8 nitrogen and oxygen atoms in total. The van der Waals surface area contributed by atoms with Crippen molar-refractivity contribution < 1.29 is 24.2 Å². The third-order valence-corrected chi connectivity index (χ3v) is 4.42. The number of benzene rings is 1. The number of anilines is 1. The number of nitrogens with one attached hydrogen (secondary N) is 2. The van der Waals surface area contributed by atoms with Crippen LogP contribution in [0.2, 0.25) is 0 Å². The van der Waals surface area contributed by atoms with Crippen LogP contribution < -0.4 is 15.4 Å². The third kappa shape index (κ3) is 6.70. The molecule has 2 aromatic rings. The second-order valence-electron chi connectivity index (χ2n) is 5.68. The predicted molar refractivity (Wildman–Crippen MR) is 101 cm³/mol. The first-order valence-corrected chi connectivity index (χ1v) is 9.28. The smallest absolute Gasteiger partial charge is 0.303 e. The molecule has 0 saturated heterocycles. The molecule has 0 aliphatic rings. The minimum absolute atomic E-state index is 0.136. The quantitative estimate of drug-likeness (QED) is 0.536. The van der Waals surface area contributed by atoms with Crippen molar-refractivity contribution in [3.63, 3.8) is 0 Å². The van der Waals surface area contributed by atoms with Crippen LogP contribution in [0.3, 0.4) is 0 Å². The summed E-state index contributed by atoms with van der Waals surface area (Å²) in [4.78, 5) is 38.8. The van der Waals surface area contributed by atoms with Gasteiger partial charge in [-0.1, -0.05) is 6.42 Å². The fraction of sp³-hybridized carbons (Fsp3) is 0.333. The second-order valence-corrected chi connectivity index (χ2v) is 6.54. The van der Waals surface area contributed by atoms with Gasteiger partial charge in [-0.3, -0.25) is 19.7 Å². The Balaban J connectivity index is 1.78. The number of carbonyl (C=O) groups excluding carboxylic acids is 2. The number of aliphatic carboxylic acids is 1. The van der Waals surface area contributed by atoms with Crippen LogP contribution in [-0.4, -0.2) is 41.5 Å². The molecule has 2 amide bonds. The number of carbonyl (C=O) groups is 3. The highest BCUT2D eigenvalue weighted by atomic mass is 32.1. The van der Waals surface area contributed by atoms with E-state index in [4.69, 9.17) is 9.84 Å². The lowest BCUT2D eigenvalue weighted by atomic mass is 10.2. The van der Waals surface area contributed by atoms with Gasteiger partial charge in [0.05, 0.1) is 7.11 Å². The van der Waals surface area contributed by atoms with Crippen molar-refractivity contribution >= 4 is 34.3 Å². The first kappa shape index (κ1) is 20.4. The van der Waals surface area contributed by atoms with Crippen LogP contribution in [-0.2, 0) is 4.79 Å². The standard InChI is InChI=1S/C18H21N3O5S/c1-26-13-8-6-12(7-9-13)16(24)21-18-20-14(11-27-18)17(25)19-10-4-2-3-5-15(22)23/h6-9,11H,2-5,10H2,1H3,(H,19,25)(H,22,23)(H,20,21,24). The first-order chi connectivity index (χ1) is 13.0. The molecule has 0 unspecified atom stereocenters. The molecular weight excluding hydrogens is 370 g/mol. The number of thiazole rings is 1. The van der Waals surface area contributed by atoms with E-state index in [0.29, 0.717) is 35.8 Å². The number of unbranched alkanes of at least 4 members (excludes halogenated alkanes) is 2. The van der Waals surface area contributed by atoms with Crippen LogP contribution >= 0.6 is 11.3 Å². The van der Waals surface area contributed by atoms with E-state index in [2.05, 4.69) is 15.6 Å². The topological polar surface area (TPSA) is 118 Å². The van der Waals surface area contributed by atoms with Crippen molar-refractivity contribution in [1.82, 2.24) is 10.3 Å². The zero-order chi connectivity index (χ0) is 19.6. The van der Waals surface area contributed by atoms with Crippen LogP contribution in [0.4, 0.5) is 5.13 Å². The van der Waals surface area contributed by atoms with E-state index in [9.17, 15) is 14.4 Å². The molecule has 0 aliphatic carbocycles. The number of aromatic nitrogens is 1. The Hall–Kier alpha value is -2.94. The van der Waals surface area contributed by atoms with Gasteiger partial charge < -0.3 is 15.2 Å². The van der Waals surface area contributed by atoms with Gasteiger partial charge in [0.25, 0.3) is 11.8 Å². The molecule has 144 valence electrons. The maximum atomic E-state index is 12.2. The molecule has 0 spiro atoms. The van der Waals surface area contributed by atoms with E-state index >= 15 is 0 Å². The molecule has 0 radical (unpaired) electrons. The molecule has 27 heavy (non-hydrogen) atoms. The van der Waals surface area contributed by atoms with Gasteiger partial charge >= 0.3 is 5.97 Å². The van der Waals surface area contributed by atoms with Gasteiger partial charge in [0.2, 0.25) is 0 Å². The molecule has 0 fully saturated rings. The molecule has 0 atom stereocenters. The number of carboxylic acids is 1. The Kier molecular flexibility index (Phi) is 7.75. The summed E-state index contributed by atoms with van der Waals surface area (Å²) in [6, 6.07) is 6.65. The third-order valence-electron chi connectivity index (χ3n) is 3.66. The molecule has 0 bridgehead atoms. The number of carboxylic acid groups (broad SMARTS) is 1. The Morgan fingerprint density at radius 2 is 1.85 bits per heavy atom. The maximum Gasteiger partial charge on any atom is 0.303 e. The number of ether oxygens (including phenoxy) is 1. The van der Waals surface area contributed by atoms with E-state index in [0.717, 1.165) is 6.42 Å². The average Bonchev–Trinajstić information content (AvgIpc) is 3.12. The van der Waals surface area contributed by atoms with Crippen molar-refractivity contribution in [1.29, 1.82) is 0 Å². The summed E-state index contributed by atoms with van der Waals surface area (Å²) in [5.41, 5.74) is 0.689. The molecule has 1 heterocycles. The van der Waals surface area contributed by atoms with E-state index in [1.54, 1.807) is 36.8 Å². The number of hydrogen-bond acceptors (Lipinski definition) is 6. The maximum absolute atomic E-state index is 12.2. The van der Waals surface area contributed by atoms with Gasteiger partial charge in [-0.15, -0.1) is 11.3 Å². The summed E-state index contributed by atoms with van der Waals surface area (Å²) in [7, 11) is 1.55. The summed E-state index contributed by atoms with van der Waals surface area (Å²) in [6.07, 6.45) is 2.15. The Labute approximate surface area is 160 Å². The van der Waals surface area contributed by atoms with Gasteiger partial charge in [-0.05, 0) is 37.1 Å². The van der Waals surface area contributed by atoms with Crippen LogP contribution in [0.15, 0.2) is 29.6 Å². The monoisotopic (exact) mass is 391 g/mol. The lowest BCUT2D eigenvalue weighted by Gasteiger charge is -2.04. The minimum Gasteiger partial charge on any atom is -0.497 e. The van der Waals surface area contributed by atoms with Gasteiger partial charge in [0.1, 0.15) is 11.4 Å². The van der Waals surface area contributed by atoms with Crippen LogP contribution in [0.25, 0.3) is 0 Å². The van der Waals surface area contributed by atoms with Crippen molar-refractivity contribution in [2.24, 2.45) is 0 Å². The van der Waals surface area contributed by atoms with Crippen LogP contribution in [0.1, 0.15) is 46.5 Å². The number of rotatable bonds is 10. The molecule has 0 aliphatic heterocycles. The van der Waals surface area contributed by atoms with Crippen molar-refractivity contribution in [2.45, 2.75) is 25.7 Å². The summed E-state index contributed by atoms with van der Waals surface area (Å²) in [5, 5.41) is 15.9. The molecule has 3 N–H and O–H groups in total. The zero-order valence-electron chi connectivity index (χ0n) is 14.9. The summed E-state index contributed by atoms with van der Waals surface area (Å²) in [6.45, 7) is 0.448.